The Morgan fingerprint density at radius 2 is 1.85 bits per heavy atom. The predicted octanol–water partition coefficient (Wildman–Crippen LogP) is 3.43. The molecule has 7 heteroatoms. The van der Waals surface area contributed by atoms with E-state index in [9.17, 15) is 13.2 Å². The van der Waals surface area contributed by atoms with Gasteiger partial charge in [0.1, 0.15) is 0 Å². The van der Waals surface area contributed by atoms with Crippen LogP contribution in [0.4, 0.5) is 13.2 Å². The molecule has 0 spiro atoms. The maximum atomic E-state index is 13.4. The van der Waals surface area contributed by atoms with Crippen molar-refractivity contribution in [1.29, 1.82) is 0 Å². The lowest BCUT2D eigenvalue weighted by Gasteiger charge is -2.28. The summed E-state index contributed by atoms with van der Waals surface area (Å²) in [5, 5.41) is 0. The summed E-state index contributed by atoms with van der Waals surface area (Å²) in [5.41, 5.74) is 3.42. The smallest absolute Gasteiger partial charge is 0.194 e. The van der Waals surface area contributed by atoms with Gasteiger partial charge in [-0.1, -0.05) is 0 Å². The molecule has 1 aromatic heterocycles. The van der Waals surface area contributed by atoms with Gasteiger partial charge < -0.3 is 0 Å². The number of halogens is 3. The van der Waals surface area contributed by atoms with Gasteiger partial charge in [-0.3, -0.25) is 9.89 Å². The first kappa shape index (κ1) is 17.1. The predicted molar refractivity (Wildman–Crippen MR) is 91.4 cm³/mol. The lowest BCUT2D eigenvalue weighted by Crippen LogP contribution is -2.31. The third-order valence-electron chi connectivity index (χ3n) is 4.85. The normalized spacial score (nSPS) is 17.7. The minimum absolute atomic E-state index is 0.349. The van der Waals surface area contributed by atoms with Crippen LogP contribution in [0.25, 0.3) is 0 Å². The molecule has 26 heavy (non-hydrogen) atoms. The van der Waals surface area contributed by atoms with Gasteiger partial charge in [0.15, 0.2) is 23.3 Å². The van der Waals surface area contributed by atoms with Crippen molar-refractivity contribution in [3.05, 3.63) is 58.4 Å². The number of nitrogens with zero attached hydrogens (tertiary/aromatic N) is 4. The van der Waals surface area contributed by atoms with E-state index >= 15 is 0 Å². The summed E-state index contributed by atoms with van der Waals surface area (Å²) in [7, 11) is 0. The van der Waals surface area contributed by atoms with E-state index in [2.05, 4.69) is 19.9 Å². The fourth-order valence-corrected chi connectivity index (χ4v) is 3.49. The molecule has 0 atom stereocenters. The number of aliphatic imine (C=N–C) groups is 1. The van der Waals surface area contributed by atoms with E-state index in [0.29, 0.717) is 18.7 Å². The Morgan fingerprint density at radius 1 is 1.04 bits per heavy atom. The number of hydrogen-bond donors (Lipinski definition) is 0. The molecule has 0 fully saturated rings. The highest BCUT2D eigenvalue weighted by Crippen LogP contribution is 2.21. The lowest BCUT2D eigenvalue weighted by molar-refractivity contribution is 0.241. The summed E-state index contributed by atoms with van der Waals surface area (Å²) in [5.74, 6) is -3.01. The van der Waals surface area contributed by atoms with Crippen LogP contribution in [-0.4, -0.2) is 33.7 Å². The number of benzene rings is 1. The fourth-order valence-electron chi connectivity index (χ4n) is 3.49. The van der Waals surface area contributed by atoms with Crippen LogP contribution in [0.1, 0.15) is 41.9 Å². The van der Waals surface area contributed by atoms with Crippen molar-refractivity contribution in [2.45, 2.75) is 38.8 Å². The molecule has 0 unspecified atom stereocenters. The van der Waals surface area contributed by atoms with E-state index in [1.807, 2.05) is 6.20 Å². The standard InChI is InChI=1S/C19H19F3N4/c20-14-7-12(8-15(21)18(14)22)10-26-6-4-16-13(11-26)9-24-19(25-16)17-3-1-2-5-23-17/h7-9H,1-6,10-11H2. The Morgan fingerprint density at radius 3 is 2.58 bits per heavy atom. The Kier molecular flexibility index (Phi) is 4.72. The number of hydrogen-bond acceptors (Lipinski definition) is 4. The first-order valence-corrected chi connectivity index (χ1v) is 8.84. The molecule has 0 amide bonds. The second-order valence-corrected chi connectivity index (χ2v) is 6.79. The van der Waals surface area contributed by atoms with Crippen molar-refractivity contribution in [2.24, 2.45) is 4.99 Å². The molecule has 4 nitrogen and oxygen atoms in total. The first-order chi connectivity index (χ1) is 12.6. The van der Waals surface area contributed by atoms with Crippen LogP contribution >= 0.6 is 0 Å². The molecule has 0 aliphatic carbocycles. The van der Waals surface area contributed by atoms with Gasteiger partial charge in [0.25, 0.3) is 0 Å². The molecule has 1 aromatic carbocycles. The monoisotopic (exact) mass is 360 g/mol. The summed E-state index contributed by atoms with van der Waals surface area (Å²) < 4.78 is 39.9. The van der Waals surface area contributed by atoms with Gasteiger partial charge >= 0.3 is 0 Å². The Balaban J connectivity index is 1.49. The van der Waals surface area contributed by atoms with E-state index in [0.717, 1.165) is 73.7 Å². The van der Waals surface area contributed by atoms with Gasteiger partial charge in [-0.2, -0.15) is 0 Å². The Hall–Kier alpha value is -2.28. The zero-order chi connectivity index (χ0) is 18.1. The molecule has 2 aromatic rings. The second-order valence-electron chi connectivity index (χ2n) is 6.79. The van der Waals surface area contributed by atoms with Crippen molar-refractivity contribution in [2.75, 3.05) is 13.1 Å². The van der Waals surface area contributed by atoms with Crippen LogP contribution in [0.5, 0.6) is 0 Å². The van der Waals surface area contributed by atoms with Crippen LogP contribution in [-0.2, 0) is 19.5 Å². The lowest BCUT2D eigenvalue weighted by atomic mass is 10.0. The maximum Gasteiger partial charge on any atom is 0.194 e. The van der Waals surface area contributed by atoms with Crippen LogP contribution in [0.15, 0.2) is 23.3 Å². The first-order valence-electron chi connectivity index (χ1n) is 8.84. The summed E-state index contributed by atoms with van der Waals surface area (Å²) in [6.45, 7) is 2.51. The van der Waals surface area contributed by atoms with E-state index in [4.69, 9.17) is 0 Å². The quantitative estimate of drug-likeness (QED) is 0.788. The topological polar surface area (TPSA) is 41.4 Å². The molecule has 0 N–H and O–H groups in total. The summed E-state index contributed by atoms with van der Waals surface area (Å²) in [6, 6.07) is 2.10. The minimum Gasteiger partial charge on any atom is -0.294 e. The summed E-state index contributed by atoms with van der Waals surface area (Å²) in [4.78, 5) is 15.7. The Bertz CT molecular complexity index is 843. The molecule has 0 bridgehead atoms. The molecule has 0 saturated heterocycles. The minimum atomic E-state index is -1.43. The average Bonchev–Trinajstić information content (AvgIpc) is 2.66. The highest BCUT2D eigenvalue weighted by molar-refractivity contribution is 5.97. The van der Waals surface area contributed by atoms with E-state index in [-0.39, 0.29) is 0 Å². The van der Waals surface area contributed by atoms with Crippen LogP contribution in [0.2, 0.25) is 0 Å². The molecular weight excluding hydrogens is 341 g/mol. The summed E-state index contributed by atoms with van der Waals surface area (Å²) >= 11 is 0. The van der Waals surface area contributed by atoms with E-state index < -0.39 is 17.5 Å². The van der Waals surface area contributed by atoms with Crippen molar-refractivity contribution in [1.82, 2.24) is 14.9 Å². The van der Waals surface area contributed by atoms with Gasteiger partial charge in [-0.25, -0.2) is 23.1 Å². The van der Waals surface area contributed by atoms with Crippen LogP contribution in [0, 0.1) is 17.5 Å². The molecular formula is C19H19F3N4. The average molecular weight is 360 g/mol. The molecule has 2 aliphatic rings. The van der Waals surface area contributed by atoms with Crippen molar-refractivity contribution >= 4 is 5.71 Å². The van der Waals surface area contributed by atoms with Crippen LogP contribution < -0.4 is 0 Å². The van der Waals surface area contributed by atoms with Gasteiger partial charge in [0, 0.05) is 44.4 Å². The van der Waals surface area contributed by atoms with Gasteiger partial charge in [-0.15, -0.1) is 0 Å². The molecule has 2 aliphatic heterocycles. The Labute approximate surface area is 149 Å². The zero-order valence-corrected chi connectivity index (χ0v) is 14.3. The fraction of sp³-hybridized carbons (Fsp3) is 0.421. The van der Waals surface area contributed by atoms with E-state index in [1.165, 1.54) is 0 Å². The third kappa shape index (κ3) is 3.49. The maximum absolute atomic E-state index is 13.4. The van der Waals surface area contributed by atoms with Crippen molar-refractivity contribution in [3.63, 3.8) is 0 Å². The SMILES string of the molecule is Fc1cc(CN2CCc3nc(C4=NCCCC4)ncc3C2)cc(F)c1F. The number of aromatic nitrogens is 2. The van der Waals surface area contributed by atoms with E-state index in [1.54, 1.807) is 0 Å². The second kappa shape index (κ2) is 7.15. The highest BCUT2D eigenvalue weighted by Gasteiger charge is 2.21. The van der Waals surface area contributed by atoms with Crippen molar-refractivity contribution < 1.29 is 13.2 Å². The number of rotatable bonds is 3. The van der Waals surface area contributed by atoms with Gasteiger partial charge in [0.2, 0.25) is 0 Å². The molecule has 0 radical (unpaired) electrons. The molecule has 3 heterocycles. The van der Waals surface area contributed by atoms with Gasteiger partial charge in [-0.05, 0) is 37.0 Å². The summed E-state index contributed by atoms with van der Waals surface area (Å²) in [6.07, 6.45) is 5.73. The van der Waals surface area contributed by atoms with Gasteiger partial charge in [0.05, 0.1) is 11.4 Å². The largest absolute Gasteiger partial charge is 0.294 e. The third-order valence-corrected chi connectivity index (χ3v) is 4.85. The zero-order valence-electron chi connectivity index (χ0n) is 14.3. The van der Waals surface area contributed by atoms with Crippen molar-refractivity contribution in [3.8, 4) is 0 Å². The molecule has 0 saturated carbocycles. The van der Waals surface area contributed by atoms with Crippen LogP contribution in [0.3, 0.4) is 0 Å². The highest BCUT2D eigenvalue weighted by atomic mass is 19.2. The molecule has 4 rings (SSSR count). The molecule has 136 valence electrons. The number of fused-ring (bicyclic) bond motifs is 1.